The first-order valence-electron chi connectivity index (χ1n) is 5.97. The van der Waals surface area contributed by atoms with Gasteiger partial charge < -0.3 is 5.32 Å². The Hall–Kier alpha value is -0.940. The van der Waals surface area contributed by atoms with Crippen molar-refractivity contribution in [2.24, 2.45) is 0 Å². The Morgan fingerprint density at radius 3 is 3.00 bits per heavy atom. The molecule has 0 aliphatic rings. The monoisotopic (exact) mass is 225 g/mol. The molecule has 1 rings (SSSR count). The maximum atomic E-state index is 4.30. The molecule has 0 aromatic carbocycles. The minimum Gasteiger partial charge on any atom is -0.320 e. The first-order valence-corrected chi connectivity index (χ1v) is 5.97. The normalized spacial score (nSPS) is 11.2. The zero-order valence-corrected chi connectivity index (χ0v) is 10.6. The summed E-state index contributed by atoms with van der Waals surface area (Å²) in [4.78, 5) is 6.58. The quantitative estimate of drug-likeness (QED) is 0.663. The van der Waals surface area contributed by atoms with Crippen LogP contribution in [0, 0.1) is 0 Å². The molecule has 0 atom stereocenters. The van der Waals surface area contributed by atoms with Gasteiger partial charge in [0, 0.05) is 6.54 Å². The summed E-state index contributed by atoms with van der Waals surface area (Å²) in [5, 5.41) is 7.38. The molecule has 1 aromatic rings. The smallest absolute Gasteiger partial charge is 0.140 e. The van der Waals surface area contributed by atoms with E-state index < -0.39 is 0 Å². The van der Waals surface area contributed by atoms with Crippen molar-refractivity contribution < 1.29 is 0 Å². The van der Waals surface area contributed by atoms with Crippen molar-refractivity contribution in [1.82, 2.24) is 25.0 Å². The zero-order valence-electron chi connectivity index (χ0n) is 10.6. The minimum absolute atomic E-state index is 0.879. The second-order valence-corrected chi connectivity index (χ2v) is 4.09. The SMILES string of the molecule is CCCn1ncnc1CN(C)CCCNC. The molecule has 1 N–H and O–H groups in total. The van der Waals surface area contributed by atoms with Gasteiger partial charge in [-0.3, -0.25) is 4.90 Å². The molecule has 0 spiro atoms. The van der Waals surface area contributed by atoms with E-state index in [1.165, 1.54) is 0 Å². The summed E-state index contributed by atoms with van der Waals surface area (Å²) >= 11 is 0. The maximum Gasteiger partial charge on any atom is 0.140 e. The van der Waals surface area contributed by atoms with Gasteiger partial charge in [0.2, 0.25) is 0 Å². The molecule has 0 bridgehead atoms. The molecular weight excluding hydrogens is 202 g/mol. The van der Waals surface area contributed by atoms with E-state index in [0.717, 1.165) is 44.8 Å². The highest BCUT2D eigenvalue weighted by Crippen LogP contribution is 2.00. The third-order valence-corrected chi connectivity index (χ3v) is 2.51. The average Bonchev–Trinajstić information content (AvgIpc) is 2.67. The van der Waals surface area contributed by atoms with E-state index in [-0.39, 0.29) is 0 Å². The third kappa shape index (κ3) is 4.28. The Labute approximate surface area is 97.9 Å². The van der Waals surface area contributed by atoms with Crippen molar-refractivity contribution in [3.05, 3.63) is 12.2 Å². The average molecular weight is 225 g/mol. The van der Waals surface area contributed by atoms with Crippen LogP contribution in [0.25, 0.3) is 0 Å². The fourth-order valence-corrected chi connectivity index (χ4v) is 1.66. The Morgan fingerprint density at radius 1 is 1.50 bits per heavy atom. The molecule has 0 aliphatic heterocycles. The van der Waals surface area contributed by atoms with Crippen molar-refractivity contribution >= 4 is 0 Å². The van der Waals surface area contributed by atoms with Gasteiger partial charge in [-0.1, -0.05) is 6.92 Å². The molecule has 0 fully saturated rings. The molecule has 0 amide bonds. The highest BCUT2D eigenvalue weighted by atomic mass is 15.3. The number of hydrogen-bond donors (Lipinski definition) is 1. The van der Waals surface area contributed by atoms with Gasteiger partial charge in [-0.2, -0.15) is 5.10 Å². The van der Waals surface area contributed by atoms with Crippen LogP contribution in [0.4, 0.5) is 0 Å². The highest BCUT2D eigenvalue weighted by molar-refractivity contribution is 4.84. The molecule has 1 heterocycles. The first-order chi connectivity index (χ1) is 7.77. The van der Waals surface area contributed by atoms with Crippen LogP contribution in [0.3, 0.4) is 0 Å². The van der Waals surface area contributed by atoms with Gasteiger partial charge in [-0.15, -0.1) is 0 Å². The number of nitrogens with one attached hydrogen (secondary N) is 1. The van der Waals surface area contributed by atoms with Crippen molar-refractivity contribution in [2.75, 3.05) is 27.2 Å². The van der Waals surface area contributed by atoms with Crippen LogP contribution in [0.1, 0.15) is 25.6 Å². The molecule has 16 heavy (non-hydrogen) atoms. The highest BCUT2D eigenvalue weighted by Gasteiger charge is 2.06. The van der Waals surface area contributed by atoms with Crippen LogP contribution in [-0.2, 0) is 13.1 Å². The maximum absolute atomic E-state index is 4.30. The second-order valence-electron chi connectivity index (χ2n) is 4.09. The van der Waals surface area contributed by atoms with Crippen molar-refractivity contribution in [2.45, 2.75) is 32.9 Å². The van der Waals surface area contributed by atoms with Crippen molar-refractivity contribution in [3.63, 3.8) is 0 Å². The lowest BCUT2D eigenvalue weighted by Crippen LogP contribution is -2.24. The lowest BCUT2D eigenvalue weighted by atomic mass is 10.4. The fourth-order valence-electron chi connectivity index (χ4n) is 1.66. The molecule has 5 heteroatoms. The molecule has 0 saturated heterocycles. The van der Waals surface area contributed by atoms with Crippen molar-refractivity contribution in [1.29, 1.82) is 0 Å². The van der Waals surface area contributed by atoms with E-state index in [1.54, 1.807) is 6.33 Å². The minimum atomic E-state index is 0.879. The number of hydrogen-bond acceptors (Lipinski definition) is 4. The van der Waals surface area contributed by atoms with Gasteiger partial charge in [0.15, 0.2) is 0 Å². The summed E-state index contributed by atoms with van der Waals surface area (Å²) in [6, 6.07) is 0. The van der Waals surface area contributed by atoms with E-state index in [2.05, 4.69) is 34.3 Å². The molecule has 0 radical (unpaired) electrons. The lowest BCUT2D eigenvalue weighted by Gasteiger charge is -2.16. The third-order valence-electron chi connectivity index (χ3n) is 2.51. The van der Waals surface area contributed by atoms with Gasteiger partial charge in [0.25, 0.3) is 0 Å². The van der Waals surface area contributed by atoms with E-state index in [9.17, 15) is 0 Å². The van der Waals surface area contributed by atoms with Crippen LogP contribution >= 0.6 is 0 Å². The predicted octanol–water partition coefficient (Wildman–Crippen LogP) is 0.729. The molecule has 0 unspecified atom stereocenters. The van der Waals surface area contributed by atoms with E-state index >= 15 is 0 Å². The van der Waals surface area contributed by atoms with Crippen LogP contribution in [0.5, 0.6) is 0 Å². The molecule has 1 aromatic heterocycles. The Kier molecular flexibility index (Phi) is 6.03. The summed E-state index contributed by atoms with van der Waals surface area (Å²) in [5.74, 6) is 1.06. The molecule has 0 aliphatic carbocycles. The summed E-state index contributed by atoms with van der Waals surface area (Å²) in [6.07, 6.45) is 3.90. The van der Waals surface area contributed by atoms with Gasteiger partial charge in [-0.05, 0) is 40.0 Å². The molecule has 5 nitrogen and oxygen atoms in total. The van der Waals surface area contributed by atoms with E-state index in [4.69, 9.17) is 0 Å². The zero-order chi connectivity index (χ0) is 11.8. The predicted molar refractivity (Wildman–Crippen MR) is 65.2 cm³/mol. The summed E-state index contributed by atoms with van der Waals surface area (Å²) in [5.41, 5.74) is 0. The van der Waals surface area contributed by atoms with Gasteiger partial charge >= 0.3 is 0 Å². The van der Waals surface area contributed by atoms with Gasteiger partial charge in [0.1, 0.15) is 12.2 Å². The van der Waals surface area contributed by atoms with Gasteiger partial charge in [0.05, 0.1) is 6.54 Å². The van der Waals surface area contributed by atoms with Crippen LogP contribution in [-0.4, -0.2) is 46.8 Å². The molecule has 0 saturated carbocycles. The lowest BCUT2D eigenvalue weighted by molar-refractivity contribution is 0.305. The largest absolute Gasteiger partial charge is 0.320 e. The second kappa shape index (κ2) is 7.35. The van der Waals surface area contributed by atoms with Gasteiger partial charge in [-0.25, -0.2) is 9.67 Å². The van der Waals surface area contributed by atoms with Crippen LogP contribution in [0.2, 0.25) is 0 Å². The number of nitrogens with zero attached hydrogens (tertiary/aromatic N) is 4. The fraction of sp³-hybridized carbons (Fsp3) is 0.818. The van der Waals surface area contributed by atoms with E-state index in [1.807, 2.05) is 11.7 Å². The number of aryl methyl sites for hydroxylation is 1. The van der Waals surface area contributed by atoms with Crippen molar-refractivity contribution in [3.8, 4) is 0 Å². The number of rotatable bonds is 8. The summed E-state index contributed by atoms with van der Waals surface area (Å²) in [6.45, 7) is 6.14. The molecule has 92 valence electrons. The Morgan fingerprint density at radius 2 is 2.31 bits per heavy atom. The topological polar surface area (TPSA) is 46.0 Å². The molecular formula is C11H23N5. The van der Waals surface area contributed by atoms with Crippen LogP contribution in [0.15, 0.2) is 6.33 Å². The number of aromatic nitrogens is 3. The summed E-state index contributed by atoms with van der Waals surface area (Å²) in [7, 11) is 4.11. The first kappa shape index (κ1) is 13.1. The summed E-state index contributed by atoms with van der Waals surface area (Å²) < 4.78 is 1.99. The Bertz CT molecular complexity index is 284. The van der Waals surface area contributed by atoms with E-state index in [0.29, 0.717) is 0 Å². The Balaban J connectivity index is 2.36. The van der Waals surface area contributed by atoms with Crippen LogP contribution < -0.4 is 5.32 Å². The standard InChI is InChI=1S/C11H23N5/c1-4-7-16-11(13-10-14-16)9-15(3)8-5-6-12-2/h10,12H,4-9H2,1-3H3.